The zero-order valence-electron chi connectivity index (χ0n) is 15.9. The highest BCUT2D eigenvalue weighted by Crippen LogP contribution is 2.20. The number of rotatable bonds is 8. The van der Waals surface area contributed by atoms with Gasteiger partial charge in [-0.15, -0.1) is 10.2 Å². The number of ether oxygens (including phenoxy) is 1. The van der Waals surface area contributed by atoms with Crippen molar-refractivity contribution >= 4 is 29.0 Å². The van der Waals surface area contributed by atoms with Crippen molar-refractivity contribution in [1.29, 1.82) is 0 Å². The third-order valence-electron chi connectivity index (χ3n) is 4.14. The van der Waals surface area contributed by atoms with Gasteiger partial charge < -0.3 is 14.6 Å². The number of non-ortho nitro benzene ring substituents is 1. The fourth-order valence-electron chi connectivity index (χ4n) is 2.54. The van der Waals surface area contributed by atoms with Gasteiger partial charge in [0.25, 0.3) is 5.69 Å². The first-order chi connectivity index (χ1) is 14.0. The fourth-order valence-corrected chi connectivity index (χ4v) is 3.27. The number of carbonyl (C=O) groups excluding carboxylic acids is 1. The number of nitrogens with zero attached hydrogens (tertiary/aromatic N) is 4. The number of hydrogen-bond donors (Lipinski definition) is 1. The van der Waals surface area contributed by atoms with E-state index in [1.165, 1.54) is 36.0 Å². The fraction of sp³-hybridized carbons (Fsp3) is 0.211. The molecule has 10 heteroatoms. The molecule has 0 saturated heterocycles. The van der Waals surface area contributed by atoms with E-state index in [-0.39, 0.29) is 17.3 Å². The molecule has 3 rings (SSSR count). The average molecular weight is 413 g/mol. The first-order valence-corrected chi connectivity index (χ1v) is 9.63. The Labute approximate surface area is 171 Å². The van der Waals surface area contributed by atoms with Crippen LogP contribution in [0.15, 0.2) is 53.7 Å². The zero-order valence-corrected chi connectivity index (χ0v) is 16.7. The largest absolute Gasteiger partial charge is 0.497 e. The molecule has 0 saturated carbocycles. The van der Waals surface area contributed by atoms with Crippen LogP contribution in [-0.2, 0) is 18.3 Å². The highest BCUT2D eigenvalue weighted by atomic mass is 32.2. The second-order valence-electron chi connectivity index (χ2n) is 6.12. The van der Waals surface area contributed by atoms with E-state index in [1.54, 1.807) is 7.11 Å². The Kier molecular flexibility index (Phi) is 6.45. The molecule has 3 aromatic rings. The Bertz CT molecular complexity index is 1000. The minimum Gasteiger partial charge on any atom is -0.497 e. The van der Waals surface area contributed by atoms with Gasteiger partial charge in [-0.1, -0.05) is 23.9 Å². The second-order valence-corrected chi connectivity index (χ2v) is 7.07. The number of nitro groups is 1. The van der Waals surface area contributed by atoms with E-state index in [1.807, 2.05) is 35.9 Å². The Morgan fingerprint density at radius 2 is 1.86 bits per heavy atom. The molecule has 0 radical (unpaired) electrons. The van der Waals surface area contributed by atoms with E-state index in [0.717, 1.165) is 17.1 Å². The van der Waals surface area contributed by atoms with Crippen LogP contribution in [0.5, 0.6) is 5.75 Å². The quantitative estimate of drug-likeness (QED) is 0.343. The zero-order chi connectivity index (χ0) is 20.8. The van der Waals surface area contributed by atoms with Gasteiger partial charge >= 0.3 is 0 Å². The van der Waals surface area contributed by atoms with Crippen LogP contribution in [0, 0.1) is 10.1 Å². The number of benzene rings is 2. The van der Waals surface area contributed by atoms with Crippen LogP contribution >= 0.6 is 11.8 Å². The Morgan fingerprint density at radius 1 is 1.17 bits per heavy atom. The van der Waals surface area contributed by atoms with Gasteiger partial charge in [-0.3, -0.25) is 14.9 Å². The first-order valence-electron chi connectivity index (χ1n) is 8.64. The summed E-state index contributed by atoms with van der Waals surface area (Å²) in [5.41, 5.74) is 1.55. The van der Waals surface area contributed by atoms with Crippen LogP contribution < -0.4 is 10.1 Å². The smallest absolute Gasteiger partial charge is 0.269 e. The molecule has 29 heavy (non-hydrogen) atoms. The summed E-state index contributed by atoms with van der Waals surface area (Å²) in [6.07, 6.45) is 0.614. The lowest BCUT2D eigenvalue weighted by molar-refractivity contribution is -0.384. The maximum Gasteiger partial charge on any atom is 0.269 e. The topological polar surface area (TPSA) is 112 Å². The van der Waals surface area contributed by atoms with Crippen molar-refractivity contribution in [2.45, 2.75) is 11.6 Å². The Balaban J connectivity index is 1.55. The van der Waals surface area contributed by atoms with Crippen molar-refractivity contribution < 1.29 is 14.5 Å². The molecule has 0 aliphatic carbocycles. The highest BCUT2D eigenvalue weighted by Gasteiger charge is 2.13. The molecule has 0 atom stereocenters. The van der Waals surface area contributed by atoms with Crippen molar-refractivity contribution in [2.75, 3.05) is 18.2 Å². The van der Waals surface area contributed by atoms with Gasteiger partial charge in [-0.25, -0.2) is 0 Å². The number of carbonyl (C=O) groups is 1. The molecule has 0 aliphatic heterocycles. The summed E-state index contributed by atoms with van der Waals surface area (Å²) in [6.45, 7) is 0. The lowest BCUT2D eigenvalue weighted by Gasteiger charge is -2.06. The molecule has 2 aromatic carbocycles. The van der Waals surface area contributed by atoms with Gasteiger partial charge in [0.2, 0.25) is 5.91 Å². The van der Waals surface area contributed by atoms with Crippen LogP contribution in [0.25, 0.3) is 0 Å². The Morgan fingerprint density at radius 3 is 2.48 bits per heavy atom. The Hall–Kier alpha value is -3.40. The molecule has 0 unspecified atom stereocenters. The second kappa shape index (κ2) is 9.20. The predicted octanol–water partition coefficient (Wildman–Crippen LogP) is 3.05. The number of hydrogen-bond acceptors (Lipinski definition) is 7. The molecule has 0 aliphatic rings. The van der Waals surface area contributed by atoms with Crippen molar-refractivity contribution in [2.24, 2.45) is 7.05 Å². The summed E-state index contributed by atoms with van der Waals surface area (Å²) in [5.74, 6) is 1.49. The van der Waals surface area contributed by atoms with Gasteiger partial charge in [0.15, 0.2) is 5.16 Å². The molecule has 1 N–H and O–H groups in total. The maximum absolute atomic E-state index is 12.1. The summed E-state index contributed by atoms with van der Waals surface area (Å²) < 4.78 is 7.01. The van der Waals surface area contributed by atoms with Crippen LogP contribution in [0.3, 0.4) is 0 Å². The van der Waals surface area contributed by atoms with E-state index in [4.69, 9.17) is 4.74 Å². The lowest BCUT2D eigenvalue weighted by Crippen LogP contribution is -2.14. The molecule has 0 fully saturated rings. The normalized spacial score (nSPS) is 10.6. The van der Waals surface area contributed by atoms with Gasteiger partial charge in [0.1, 0.15) is 11.6 Å². The van der Waals surface area contributed by atoms with E-state index >= 15 is 0 Å². The number of aromatic nitrogens is 3. The number of thioether (sulfide) groups is 1. The minimum atomic E-state index is -0.487. The third kappa shape index (κ3) is 5.32. The molecule has 0 spiro atoms. The lowest BCUT2D eigenvalue weighted by atomic mass is 10.1. The molecular formula is C19H19N5O4S. The number of nitro benzene ring substituents is 1. The first kappa shape index (κ1) is 20.3. The number of amides is 1. The van der Waals surface area contributed by atoms with E-state index < -0.39 is 4.92 Å². The van der Waals surface area contributed by atoms with Crippen LogP contribution in [0.2, 0.25) is 0 Å². The summed E-state index contributed by atoms with van der Waals surface area (Å²) >= 11 is 1.27. The maximum atomic E-state index is 12.1. The van der Waals surface area contributed by atoms with Gasteiger partial charge in [-0.05, 0) is 29.8 Å². The van der Waals surface area contributed by atoms with Crippen molar-refractivity contribution in [3.63, 3.8) is 0 Å². The molecule has 150 valence electrons. The molecule has 1 aromatic heterocycles. The molecule has 9 nitrogen and oxygen atoms in total. The van der Waals surface area contributed by atoms with Gasteiger partial charge in [-0.2, -0.15) is 0 Å². The van der Waals surface area contributed by atoms with E-state index in [9.17, 15) is 14.9 Å². The van der Waals surface area contributed by atoms with E-state index in [0.29, 0.717) is 17.3 Å². The van der Waals surface area contributed by atoms with Crippen molar-refractivity contribution in [3.8, 4) is 5.75 Å². The monoisotopic (exact) mass is 413 g/mol. The highest BCUT2D eigenvalue weighted by molar-refractivity contribution is 7.99. The predicted molar refractivity (Wildman–Crippen MR) is 109 cm³/mol. The molecule has 1 amide bonds. The van der Waals surface area contributed by atoms with Crippen molar-refractivity contribution in [1.82, 2.24) is 14.8 Å². The molecule has 1 heterocycles. The SMILES string of the molecule is COc1ccc(Cc2nnc(SCC(=O)Nc3ccc([N+](=O)[O-])cc3)n2C)cc1. The summed E-state index contributed by atoms with van der Waals surface area (Å²) in [7, 11) is 3.48. The minimum absolute atomic E-state index is 0.0270. The van der Waals surface area contributed by atoms with Crippen LogP contribution in [-0.4, -0.2) is 38.5 Å². The van der Waals surface area contributed by atoms with Gasteiger partial charge in [0, 0.05) is 31.3 Å². The third-order valence-corrected chi connectivity index (χ3v) is 5.16. The van der Waals surface area contributed by atoms with Crippen LogP contribution in [0.1, 0.15) is 11.4 Å². The number of anilines is 1. The van der Waals surface area contributed by atoms with E-state index in [2.05, 4.69) is 15.5 Å². The number of methoxy groups -OCH3 is 1. The van der Waals surface area contributed by atoms with Gasteiger partial charge in [0.05, 0.1) is 17.8 Å². The summed E-state index contributed by atoms with van der Waals surface area (Å²) in [4.78, 5) is 22.3. The molecular weight excluding hydrogens is 394 g/mol. The summed E-state index contributed by atoms with van der Waals surface area (Å²) in [5, 5.41) is 22.4. The van der Waals surface area contributed by atoms with Crippen molar-refractivity contribution in [3.05, 3.63) is 70.0 Å². The summed E-state index contributed by atoms with van der Waals surface area (Å²) in [6, 6.07) is 13.4. The standard InChI is InChI=1S/C19H19N5O4S/c1-23-17(11-13-3-9-16(28-2)10-4-13)21-22-19(23)29-12-18(25)20-14-5-7-15(8-6-14)24(26)27/h3-10H,11-12H2,1-2H3,(H,20,25). The molecule has 0 bridgehead atoms. The average Bonchev–Trinajstić information content (AvgIpc) is 3.07. The van der Waals surface area contributed by atoms with Crippen LogP contribution in [0.4, 0.5) is 11.4 Å². The number of nitrogens with one attached hydrogen (secondary N) is 1.